The predicted octanol–water partition coefficient (Wildman–Crippen LogP) is 0.169. The summed E-state index contributed by atoms with van der Waals surface area (Å²) >= 11 is 0. The summed E-state index contributed by atoms with van der Waals surface area (Å²) in [5.41, 5.74) is 13.7. The lowest BCUT2D eigenvalue weighted by Gasteiger charge is -2.32. The Morgan fingerprint density at radius 2 is 1.54 bits per heavy atom. The van der Waals surface area contributed by atoms with Crippen LogP contribution in [0.3, 0.4) is 0 Å². The van der Waals surface area contributed by atoms with E-state index < -0.39 is 53.8 Å². The number of nitrogens with two attached hydrogens (primary N) is 2. The Balaban J connectivity index is 0.00000148. The summed E-state index contributed by atoms with van der Waals surface area (Å²) < 4.78 is 31.7. The van der Waals surface area contributed by atoms with Crippen LogP contribution in [0.25, 0.3) is 0 Å². The van der Waals surface area contributed by atoms with Gasteiger partial charge in [0.2, 0.25) is 23.6 Å². The number of amides is 4. The standard InChI is InChI=1S/C27H43N9O5.C2HF3O2/c1-36(2)26(40)19(15-16-10-12-18(13-11-16)22(28)35-41)24(38)34-21(17-7-4-3-5-8-17)25(39)33-20(23(29)37)9-6-14-32-27(30)31;3-2(4,5)1(6)7/h10-13,17,19-21,41H,3-9,14-15H2,1-2H3,(H2,28,35)(H2,29,37)(H,33,39)(H,34,38)(H4,30,31,32);(H,6,7)/t19-,20+,21+;/m1./s1. The third-order valence-electron chi connectivity index (χ3n) is 7.44. The lowest BCUT2D eigenvalue weighted by Crippen LogP contribution is -2.57. The maximum Gasteiger partial charge on any atom is 0.490 e. The van der Waals surface area contributed by atoms with Gasteiger partial charge in [0.25, 0.3) is 0 Å². The molecule has 268 valence electrons. The van der Waals surface area contributed by atoms with Crippen molar-refractivity contribution in [3.8, 4) is 0 Å². The highest BCUT2D eigenvalue weighted by Gasteiger charge is 2.38. The van der Waals surface area contributed by atoms with Crippen molar-refractivity contribution in [1.29, 1.82) is 10.8 Å². The van der Waals surface area contributed by atoms with Gasteiger partial charge < -0.3 is 37.4 Å². The van der Waals surface area contributed by atoms with Crippen LogP contribution < -0.4 is 32.9 Å². The topological polar surface area (TPSA) is 277 Å². The van der Waals surface area contributed by atoms with Gasteiger partial charge in [-0.25, -0.2) is 4.79 Å². The first-order chi connectivity index (χ1) is 22.4. The van der Waals surface area contributed by atoms with E-state index in [9.17, 15) is 32.3 Å². The third-order valence-corrected chi connectivity index (χ3v) is 7.44. The van der Waals surface area contributed by atoms with E-state index >= 15 is 0 Å². The van der Waals surface area contributed by atoms with E-state index in [1.54, 1.807) is 43.8 Å². The number of alkyl halides is 3. The zero-order valence-corrected chi connectivity index (χ0v) is 26.7. The van der Waals surface area contributed by atoms with Gasteiger partial charge in [-0.1, -0.05) is 43.5 Å². The van der Waals surface area contributed by atoms with Gasteiger partial charge in [0, 0.05) is 26.2 Å². The number of carbonyl (C=O) groups is 5. The number of carboxylic acids is 1. The summed E-state index contributed by atoms with van der Waals surface area (Å²) in [6.45, 7) is 0.324. The van der Waals surface area contributed by atoms with Crippen molar-refractivity contribution in [3.63, 3.8) is 0 Å². The molecule has 0 aromatic heterocycles. The molecule has 48 heavy (non-hydrogen) atoms. The smallest absolute Gasteiger partial charge is 0.475 e. The maximum atomic E-state index is 13.6. The average molecular weight is 688 g/mol. The van der Waals surface area contributed by atoms with Crippen molar-refractivity contribution in [1.82, 2.24) is 26.3 Å². The van der Waals surface area contributed by atoms with Gasteiger partial charge in [0.1, 0.15) is 23.8 Å². The Bertz CT molecular complexity index is 1290. The molecule has 3 atom stereocenters. The minimum Gasteiger partial charge on any atom is -0.475 e. The monoisotopic (exact) mass is 687 g/mol. The van der Waals surface area contributed by atoms with E-state index in [-0.39, 0.29) is 30.6 Å². The fourth-order valence-corrected chi connectivity index (χ4v) is 4.91. The van der Waals surface area contributed by atoms with Crippen LogP contribution in [0.1, 0.15) is 56.1 Å². The number of hydrogen-bond acceptors (Lipinski definition) is 8. The summed E-state index contributed by atoms with van der Waals surface area (Å²) in [4.78, 5) is 62.5. The van der Waals surface area contributed by atoms with Gasteiger partial charge in [-0.2, -0.15) is 13.2 Å². The van der Waals surface area contributed by atoms with Gasteiger partial charge >= 0.3 is 12.1 Å². The highest BCUT2D eigenvalue weighted by atomic mass is 19.4. The molecule has 1 aliphatic rings. The molecule has 12 N–H and O–H groups in total. The quantitative estimate of drug-likeness (QED) is 0.0416. The van der Waals surface area contributed by atoms with Gasteiger partial charge in [0.15, 0.2) is 5.96 Å². The van der Waals surface area contributed by atoms with Crippen LogP contribution in [0.15, 0.2) is 24.3 Å². The Labute approximate surface area is 275 Å². The van der Waals surface area contributed by atoms with E-state index in [2.05, 4.69) is 16.0 Å². The first kappa shape index (κ1) is 41.1. The molecule has 1 fully saturated rings. The van der Waals surface area contributed by atoms with Crippen LogP contribution >= 0.6 is 0 Å². The second kappa shape index (κ2) is 19.7. The van der Waals surface area contributed by atoms with Crippen molar-refractivity contribution in [2.75, 3.05) is 20.6 Å². The van der Waals surface area contributed by atoms with Crippen LogP contribution in [-0.2, 0) is 30.4 Å². The maximum absolute atomic E-state index is 13.6. The van der Waals surface area contributed by atoms with Crippen molar-refractivity contribution in [3.05, 3.63) is 35.4 Å². The number of carbonyl (C=O) groups excluding carboxylic acids is 4. The molecule has 1 aliphatic carbocycles. The molecule has 0 aliphatic heterocycles. The number of nitrogens with one attached hydrogen (secondary N) is 6. The third kappa shape index (κ3) is 14.2. The second-order valence-corrected chi connectivity index (χ2v) is 11.3. The molecule has 0 heterocycles. The fourth-order valence-electron chi connectivity index (χ4n) is 4.91. The minimum atomic E-state index is -5.08. The number of benzene rings is 1. The molecule has 0 spiro atoms. The molecule has 1 aromatic rings. The number of nitrogens with zero attached hydrogens (tertiary/aromatic N) is 1. The zero-order valence-electron chi connectivity index (χ0n) is 26.7. The molecule has 2 rings (SSSR count). The molecule has 0 bridgehead atoms. The second-order valence-electron chi connectivity index (χ2n) is 11.3. The van der Waals surface area contributed by atoms with Crippen molar-refractivity contribution in [2.45, 2.75) is 69.6 Å². The fraction of sp³-hybridized carbons (Fsp3) is 0.552. The van der Waals surface area contributed by atoms with Crippen LogP contribution in [0.4, 0.5) is 13.2 Å². The largest absolute Gasteiger partial charge is 0.490 e. The molecule has 0 unspecified atom stereocenters. The van der Waals surface area contributed by atoms with E-state index in [4.69, 9.17) is 37.4 Å². The number of amidine groups is 1. The molecule has 19 heteroatoms. The number of rotatable bonds is 14. The van der Waals surface area contributed by atoms with Gasteiger partial charge in [0.05, 0.1) is 0 Å². The molecular formula is C29H44F3N9O7. The lowest BCUT2D eigenvalue weighted by atomic mass is 9.83. The molecule has 1 saturated carbocycles. The van der Waals surface area contributed by atoms with Crippen molar-refractivity contribution < 1.29 is 47.5 Å². The van der Waals surface area contributed by atoms with E-state index in [0.29, 0.717) is 36.9 Å². The summed E-state index contributed by atoms with van der Waals surface area (Å²) in [6.07, 6.45) is -0.175. The number of guanidine groups is 1. The predicted molar refractivity (Wildman–Crippen MR) is 167 cm³/mol. The number of halogens is 3. The van der Waals surface area contributed by atoms with Crippen LogP contribution in [0.2, 0.25) is 0 Å². The molecule has 4 amide bonds. The Kier molecular flexibility index (Phi) is 16.8. The summed E-state index contributed by atoms with van der Waals surface area (Å²) in [5.74, 6) is -6.76. The van der Waals surface area contributed by atoms with Gasteiger partial charge in [-0.3, -0.25) is 40.7 Å². The van der Waals surface area contributed by atoms with Gasteiger partial charge in [-0.15, -0.1) is 0 Å². The number of carboxylic acid groups (broad SMARTS) is 1. The number of aliphatic carboxylic acids is 1. The molecule has 0 saturated heterocycles. The molecule has 16 nitrogen and oxygen atoms in total. The zero-order chi connectivity index (χ0) is 36.6. The number of primary amides is 1. The molecular weight excluding hydrogens is 643 g/mol. The molecule has 0 radical (unpaired) electrons. The normalized spacial score (nSPS) is 14.9. The SMILES string of the molecule is CN(C)C(=O)[C@H](Cc1ccc(C(=N)NO)cc1)C(=O)N[C@H](C(=O)N[C@@H](CCCNC(=N)N)C(N)=O)C1CCCCC1.O=C(O)C(F)(F)F. The van der Waals surface area contributed by atoms with Crippen molar-refractivity contribution >= 4 is 41.4 Å². The Morgan fingerprint density at radius 3 is 2.00 bits per heavy atom. The first-order valence-corrected chi connectivity index (χ1v) is 15.0. The lowest BCUT2D eigenvalue weighted by molar-refractivity contribution is -0.192. The van der Waals surface area contributed by atoms with E-state index in [0.717, 1.165) is 19.3 Å². The van der Waals surface area contributed by atoms with Gasteiger partial charge in [-0.05, 0) is 43.6 Å². The van der Waals surface area contributed by atoms with Crippen LogP contribution in [0.5, 0.6) is 0 Å². The summed E-state index contributed by atoms with van der Waals surface area (Å²) in [7, 11) is 3.09. The highest BCUT2D eigenvalue weighted by molar-refractivity contribution is 6.02. The minimum absolute atomic E-state index is 0.0507. The van der Waals surface area contributed by atoms with Crippen LogP contribution in [-0.4, -0.2) is 95.5 Å². The van der Waals surface area contributed by atoms with Crippen LogP contribution in [0, 0.1) is 22.7 Å². The summed E-state index contributed by atoms with van der Waals surface area (Å²) in [6, 6.07) is 4.55. The number of hydroxylamine groups is 1. The summed E-state index contributed by atoms with van der Waals surface area (Å²) in [5, 5.41) is 39.1. The number of hydrogen-bond donors (Lipinski definition) is 10. The van der Waals surface area contributed by atoms with E-state index in [1.165, 1.54) is 4.90 Å². The highest BCUT2D eigenvalue weighted by Crippen LogP contribution is 2.27. The Hall–Kier alpha value is -4.94. The van der Waals surface area contributed by atoms with E-state index in [1.807, 2.05) is 0 Å². The molecule has 1 aromatic carbocycles. The first-order valence-electron chi connectivity index (χ1n) is 15.0. The van der Waals surface area contributed by atoms with Crippen molar-refractivity contribution in [2.24, 2.45) is 23.3 Å². The average Bonchev–Trinajstić information content (AvgIpc) is 3.03. The Morgan fingerprint density at radius 1 is 0.979 bits per heavy atom.